The molecule has 0 bridgehead atoms. The second kappa shape index (κ2) is 5.39. The molecular formula is C15H23NO2. The van der Waals surface area contributed by atoms with Crippen molar-refractivity contribution in [1.29, 1.82) is 0 Å². The van der Waals surface area contributed by atoms with Crippen LogP contribution in [0.1, 0.15) is 37.9 Å². The van der Waals surface area contributed by atoms with E-state index in [1.165, 1.54) is 11.1 Å². The van der Waals surface area contributed by atoms with E-state index in [0.29, 0.717) is 12.6 Å². The number of ether oxygens (including phenoxy) is 2. The molecule has 1 aliphatic heterocycles. The predicted octanol–water partition coefficient (Wildman–Crippen LogP) is 2.80. The van der Waals surface area contributed by atoms with Crippen LogP contribution >= 0.6 is 0 Å². The van der Waals surface area contributed by atoms with Gasteiger partial charge in [0.2, 0.25) is 0 Å². The van der Waals surface area contributed by atoms with Crippen LogP contribution in [0.4, 0.5) is 0 Å². The summed E-state index contributed by atoms with van der Waals surface area (Å²) in [5.41, 5.74) is 2.61. The first-order valence-corrected chi connectivity index (χ1v) is 6.58. The summed E-state index contributed by atoms with van der Waals surface area (Å²) < 4.78 is 11.3. The molecule has 1 N–H and O–H groups in total. The molecule has 18 heavy (non-hydrogen) atoms. The van der Waals surface area contributed by atoms with Gasteiger partial charge in [-0.3, -0.25) is 0 Å². The largest absolute Gasteiger partial charge is 0.348 e. The minimum Gasteiger partial charge on any atom is -0.348 e. The van der Waals surface area contributed by atoms with Crippen LogP contribution in [0.3, 0.4) is 0 Å². The Morgan fingerprint density at radius 3 is 2.83 bits per heavy atom. The van der Waals surface area contributed by atoms with Gasteiger partial charge in [-0.2, -0.15) is 0 Å². The zero-order valence-electron chi connectivity index (χ0n) is 11.7. The van der Waals surface area contributed by atoms with Crippen LogP contribution in [0.25, 0.3) is 0 Å². The van der Waals surface area contributed by atoms with Crippen molar-refractivity contribution < 1.29 is 9.47 Å². The van der Waals surface area contributed by atoms with E-state index in [-0.39, 0.29) is 6.10 Å². The maximum Gasteiger partial charge on any atom is 0.163 e. The predicted molar refractivity (Wildman–Crippen MR) is 72.5 cm³/mol. The van der Waals surface area contributed by atoms with Gasteiger partial charge in [-0.05, 0) is 33.3 Å². The molecule has 2 unspecified atom stereocenters. The van der Waals surface area contributed by atoms with Gasteiger partial charge in [0, 0.05) is 12.6 Å². The molecule has 0 aliphatic carbocycles. The average molecular weight is 249 g/mol. The van der Waals surface area contributed by atoms with Gasteiger partial charge >= 0.3 is 0 Å². The Morgan fingerprint density at radius 2 is 2.22 bits per heavy atom. The zero-order valence-corrected chi connectivity index (χ0v) is 11.7. The molecule has 0 saturated carbocycles. The first-order chi connectivity index (χ1) is 8.46. The molecule has 1 aliphatic rings. The molecule has 2 rings (SSSR count). The Kier molecular flexibility index (Phi) is 4.05. The van der Waals surface area contributed by atoms with Crippen LogP contribution in [-0.2, 0) is 9.47 Å². The van der Waals surface area contributed by atoms with Gasteiger partial charge in [0.15, 0.2) is 5.79 Å². The van der Waals surface area contributed by atoms with Crippen LogP contribution in [0.15, 0.2) is 24.3 Å². The van der Waals surface area contributed by atoms with Gasteiger partial charge in [0.05, 0.1) is 12.7 Å². The van der Waals surface area contributed by atoms with Crippen LogP contribution in [-0.4, -0.2) is 25.0 Å². The molecule has 0 radical (unpaired) electrons. The third-order valence-electron chi connectivity index (χ3n) is 3.26. The maximum absolute atomic E-state index is 5.77. The van der Waals surface area contributed by atoms with Crippen molar-refractivity contribution in [2.45, 2.75) is 45.6 Å². The molecule has 1 fully saturated rings. The van der Waals surface area contributed by atoms with Crippen molar-refractivity contribution in [1.82, 2.24) is 5.32 Å². The fourth-order valence-corrected chi connectivity index (χ4v) is 2.23. The number of aryl methyl sites for hydroxylation is 1. The number of nitrogens with one attached hydrogen (secondary N) is 1. The lowest BCUT2D eigenvalue weighted by Gasteiger charge is -2.19. The molecule has 100 valence electrons. The second-order valence-corrected chi connectivity index (χ2v) is 5.49. The second-order valence-electron chi connectivity index (χ2n) is 5.49. The summed E-state index contributed by atoms with van der Waals surface area (Å²) >= 11 is 0. The van der Waals surface area contributed by atoms with E-state index in [1.807, 2.05) is 13.8 Å². The number of hydrogen-bond donors (Lipinski definition) is 1. The van der Waals surface area contributed by atoms with Crippen molar-refractivity contribution in [3.8, 4) is 0 Å². The highest BCUT2D eigenvalue weighted by Crippen LogP contribution is 2.22. The van der Waals surface area contributed by atoms with Gasteiger partial charge < -0.3 is 14.8 Å². The summed E-state index contributed by atoms with van der Waals surface area (Å²) in [6, 6.07) is 8.92. The third-order valence-corrected chi connectivity index (χ3v) is 3.26. The monoisotopic (exact) mass is 249 g/mol. The maximum atomic E-state index is 5.77. The van der Waals surface area contributed by atoms with Crippen molar-refractivity contribution >= 4 is 0 Å². The van der Waals surface area contributed by atoms with Crippen LogP contribution in [0, 0.1) is 6.92 Å². The Balaban J connectivity index is 1.84. The molecule has 3 heteroatoms. The fourth-order valence-electron chi connectivity index (χ4n) is 2.23. The highest BCUT2D eigenvalue weighted by atomic mass is 16.7. The van der Waals surface area contributed by atoms with Crippen LogP contribution in [0.5, 0.6) is 0 Å². The summed E-state index contributed by atoms with van der Waals surface area (Å²) in [5.74, 6) is -0.432. The van der Waals surface area contributed by atoms with Crippen molar-refractivity contribution in [3.63, 3.8) is 0 Å². The third kappa shape index (κ3) is 3.55. The van der Waals surface area contributed by atoms with Gasteiger partial charge in [0.25, 0.3) is 0 Å². The highest BCUT2D eigenvalue weighted by molar-refractivity contribution is 5.24. The van der Waals surface area contributed by atoms with Gasteiger partial charge in [0.1, 0.15) is 0 Å². The van der Waals surface area contributed by atoms with E-state index in [9.17, 15) is 0 Å². The van der Waals surface area contributed by atoms with E-state index in [4.69, 9.17) is 9.47 Å². The standard InChI is InChI=1S/C15H23NO2/c1-11-6-5-7-13(8-11)12(2)16-9-14-10-17-15(3,4)18-14/h5-8,12,14,16H,9-10H2,1-4H3. The minimum atomic E-state index is -0.432. The van der Waals surface area contributed by atoms with Crippen molar-refractivity contribution in [2.75, 3.05) is 13.2 Å². The molecular weight excluding hydrogens is 226 g/mol. The van der Waals surface area contributed by atoms with Crippen molar-refractivity contribution in [2.24, 2.45) is 0 Å². The minimum absolute atomic E-state index is 0.146. The summed E-state index contributed by atoms with van der Waals surface area (Å²) in [6.45, 7) is 9.69. The van der Waals surface area contributed by atoms with E-state index >= 15 is 0 Å². The van der Waals surface area contributed by atoms with Gasteiger partial charge in [-0.1, -0.05) is 29.8 Å². The Bertz CT molecular complexity index is 403. The number of rotatable bonds is 4. The lowest BCUT2D eigenvalue weighted by atomic mass is 10.1. The summed E-state index contributed by atoms with van der Waals surface area (Å²) in [6.07, 6.45) is 0.146. The molecule has 0 amide bonds. The van der Waals surface area contributed by atoms with Gasteiger partial charge in [-0.15, -0.1) is 0 Å². The summed E-state index contributed by atoms with van der Waals surface area (Å²) in [5, 5.41) is 3.50. The summed E-state index contributed by atoms with van der Waals surface area (Å²) in [7, 11) is 0. The summed E-state index contributed by atoms with van der Waals surface area (Å²) in [4.78, 5) is 0. The normalized spacial score (nSPS) is 24.1. The van der Waals surface area contributed by atoms with E-state index in [0.717, 1.165) is 6.54 Å². The average Bonchev–Trinajstić information content (AvgIpc) is 2.66. The van der Waals surface area contributed by atoms with E-state index < -0.39 is 5.79 Å². The fraction of sp³-hybridized carbons (Fsp3) is 0.600. The molecule has 2 atom stereocenters. The Labute approximate surface area is 109 Å². The molecule has 0 spiro atoms. The first kappa shape index (κ1) is 13.5. The topological polar surface area (TPSA) is 30.5 Å². The first-order valence-electron chi connectivity index (χ1n) is 6.58. The molecule has 1 saturated heterocycles. The molecule has 3 nitrogen and oxygen atoms in total. The molecule has 0 aromatic heterocycles. The lowest BCUT2D eigenvalue weighted by Crippen LogP contribution is -2.32. The Morgan fingerprint density at radius 1 is 1.44 bits per heavy atom. The van der Waals surface area contributed by atoms with E-state index in [1.54, 1.807) is 0 Å². The van der Waals surface area contributed by atoms with Crippen LogP contribution in [0.2, 0.25) is 0 Å². The van der Waals surface area contributed by atoms with Crippen LogP contribution < -0.4 is 5.32 Å². The van der Waals surface area contributed by atoms with Crippen molar-refractivity contribution in [3.05, 3.63) is 35.4 Å². The molecule has 1 aromatic carbocycles. The number of hydrogen-bond acceptors (Lipinski definition) is 3. The highest BCUT2D eigenvalue weighted by Gasteiger charge is 2.32. The Hall–Kier alpha value is -0.900. The molecule has 1 heterocycles. The molecule has 1 aromatic rings. The van der Waals surface area contributed by atoms with Gasteiger partial charge in [-0.25, -0.2) is 0 Å². The zero-order chi connectivity index (χ0) is 13.2. The van der Waals surface area contributed by atoms with E-state index in [2.05, 4.69) is 43.4 Å². The SMILES string of the molecule is Cc1cccc(C(C)NCC2COC(C)(C)O2)c1. The number of benzene rings is 1. The quantitative estimate of drug-likeness (QED) is 0.890. The smallest absolute Gasteiger partial charge is 0.163 e. The lowest BCUT2D eigenvalue weighted by molar-refractivity contribution is -0.137.